The number of anilines is 2. The van der Waals surface area contributed by atoms with Gasteiger partial charge >= 0.3 is 0 Å². The molecule has 7 nitrogen and oxygen atoms in total. The van der Waals surface area contributed by atoms with Gasteiger partial charge in [-0.2, -0.15) is 0 Å². The van der Waals surface area contributed by atoms with Crippen LogP contribution in [0.2, 0.25) is 0 Å². The quantitative estimate of drug-likeness (QED) is 0.336. The fourth-order valence-electron chi connectivity index (χ4n) is 2.07. The van der Waals surface area contributed by atoms with Crippen molar-refractivity contribution in [2.75, 3.05) is 24.3 Å². The second-order valence-corrected chi connectivity index (χ2v) is 5.10. The number of nitrogens with zero attached hydrogens (tertiary/aromatic N) is 1. The molecule has 0 saturated carbocycles. The number of ether oxygens (including phenoxy) is 1. The molecule has 1 heterocycles. The maximum atomic E-state index is 12.2. The lowest BCUT2D eigenvalue weighted by molar-refractivity contribution is 0.102. The number of nitrogens with one attached hydrogen (secondary N) is 1. The SMILES string of the molecule is CN(C)c1ccc(C(=O)Nc2cc(O)c3c(c2O)O3)c(O)c1. The van der Waals surface area contributed by atoms with E-state index in [0.717, 1.165) is 5.69 Å². The first kappa shape index (κ1) is 13.9. The topological polar surface area (TPSA) is 106 Å². The molecule has 0 saturated heterocycles. The first-order valence-electron chi connectivity index (χ1n) is 6.47. The van der Waals surface area contributed by atoms with Crippen molar-refractivity contribution in [1.29, 1.82) is 0 Å². The standard InChI is InChI=1S/C15H14N2O5/c1-17(2)7-3-4-8(10(18)5-7)15(21)16-9-6-11(19)13-14(22-13)12(9)20/h3-6,18-20H,1-2H3,(H,16,21). The molecule has 0 aliphatic carbocycles. The van der Waals surface area contributed by atoms with E-state index in [2.05, 4.69) is 5.32 Å². The molecular weight excluding hydrogens is 288 g/mol. The van der Waals surface area contributed by atoms with Gasteiger partial charge < -0.3 is 30.3 Å². The minimum atomic E-state index is -0.613. The first-order valence-corrected chi connectivity index (χ1v) is 6.47. The van der Waals surface area contributed by atoms with Gasteiger partial charge in [0, 0.05) is 31.9 Å². The molecule has 0 fully saturated rings. The summed E-state index contributed by atoms with van der Waals surface area (Å²) in [5, 5.41) is 31.8. The average molecular weight is 302 g/mol. The molecule has 1 aliphatic rings. The molecule has 3 rings (SSSR count). The third-order valence-corrected chi connectivity index (χ3v) is 3.34. The molecule has 0 atom stereocenters. The van der Waals surface area contributed by atoms with Crippen LogP contribution >= 0.6 is 0 Å². The summed E-state index contributed by atoms with van der Waals surface area (Å²) < 4.78 is 4.89. The van der Waals surface area contributed by atoms with E-state index in [1.807, 2.05) is 14.1 Å². The summed E-state index contributed by atoms with van der Waals surface area (Å²) in [5.74, 6) is -0.884. The van der Waals surface area contributed by atoms with Gasteiger partial charge in [0.25, 0.3) is 5.91 Å². The van der Waals surface area contributed by atoms with Crippen molar-refractivity contribution < 1.29 is 24.9 Å². The third-order valence-electron chi connectivity index (χ3n) is 3.34. The Morgan fingerprint density at radius 3 is 2.45 bits per heavy atom. The van der Waals surface area contributed by atoms with Crippen LogP contribution in [0.1, 0.15) is 10.4 Å². The Labute approximate surface area is 126 Å². The number of phenols is 3. The number of fused-ring (bicyclic) bond motifs is 1. The first-order chi connectivity index (χ1) is 10.4. The van der Waals surface area contributed by atoms with Crippen LogP contribution in [-0.2, 0) is 0 Å². The lowest BCUT2D eigenvalue weighted by Gasteiger charge is -2.14. The van der Waals surface area contributed by atoms with Crippen molar-refractivity contribution in [2.45, 2.75) is 0 Å². The molecule has 0 unspecified atom stereocenters. The molecule has 2 aromatic carbocycles. The summed E-state index contributed by atoms with van der Waals surface area (Å²) in [6.07, 6.45) is 0. The van der Waals surface area contributed by atoms with Gasteiger partial charge in [-0.1, -0.05) is 0 Å². The molecule has 0 bridgehead atoms. The third kappa shape index (κ3) is 2.22. The highest BCUT2D eigenvalue weighted by molar-refractivity contribution is 6.07. The van der Waals surface area contributed by atoms with Crippen molar-refractivity contribution in [2.24, 2.45) is 0 Å². The molecule has 114 valence electrons. The smallest absolute Gasteiger partial charge is 0.259 e. The van der Waals surface area contributed by atoms with Gasteiger partial charge in [0.2, 0.25) is 11.5 Å². The molecular formula is C15H14N2O5. The van der Waals surface area contributed by atoms with Crippen LogP contribution in [0.5, 0.6) is 28.7 Å². The van der Waals surface area contributed by atoms with Crippen LogP contribution in [0.4, 0.5) is 11.4 Å². The molecule has 22 heavy (non-hydrogen) atoms. The Kier molecular flexibility index (Phi) is 2.98. The fourth-order valence-corrected chi connectivity index (χ4v) is 2.07. The van der Waals surface area contributed by atoms with Gasteiger partial charge in [-0.25, -0.2) is 0 Å². The van der Waals surface area contributed by atoms with E-state index >= 15 is 0 Å². The lowest BCUT2D eigenvalue weighted by atomic mass is 10.1. The molecule has 2 aromatic rings. The Morgan fingerprint density at radius 1 is 1.09 bits per heavy atom. The summed E-state index contributed by atoms with van der Waals surface area (Å²) in [6.45, 7) is 0. The average Bonchev–Trinajstić information content (AvgIpc) is 3.25. The van der Waals surface area contributed by atoms with Gasteiger partial charge in [0.15, 0.2) is 11.5 Å². The minimum absolute atomic E-state index is 0.00911. The largest absolute Gasteiger partial charge is 0.507 e. The second-order valence-electron chi connectivity index (χ2n) is 5.10. The summed E-state index contributed by atoms with van der Waals surface area (Å²) in [6, 6.07) is 5.80. The second kappa shape index (κ2) is 4.73. The predicted octanol–water partition coefficient (Wildman–Crippen LogP) is 2.23. The summed E-state index contributed by atoms with van der Waals surface area (Å²) in [5.41, 5.74) is 0.803. The van der Waals surface area contributed by atoms with E-state index in [0.29, 0.717) is 0 Å². The van der Waals surface area contributed by atoms with Crippen molar-refractivity contribution in [1.82, 2.24) is 0 Å². The number of amides is 1. The van der Waals surface area contributed by atoms with Gasteiger partial charge in [-0.3, -0.25) is 4.79 Å². The number of aromatic hydroxyl groups is 3. The highest BCUT2D eigenvalue weighted by Crippen LogP contribution is 2.60. The Bertz CT molecular complexity index is 786. The highest BCUT2D eigenvalue weighted by Gasteiger charge is 2.32. The Balaban J connectivity index is 1.87. The number of carbonyl (C=O) groups is 1. The van der Waals surface area contributed by atoms with E-state index in [4.69, 9.17) is 4.74 Å². The number of hydrogen-bond acceptors (Lipinski definition) is 6. The maximum Gasteiger partial charge on any atom is 0.259 e. The molecule has 0 radical (unpaired) electrons. The van der Waals surface area contributed by atoms with Crippen LogP contribution in [0, 0.1) is 0 Å². The molecule has 7 heteroatoms. The van der Waals surface area contributed by atoms with Crippen molar-refractivity contribution in [3.05, 3.63) is 29.8 Å². The van der Waals surface area contributed by atoms with E-state index < -0.39 is 5.91 Å². The zero-order chi connectivity index (χ0) is 16.0. The zero-order valence-electron chi connectivity index (χ0n) is 11.9. The van der Waals surface area contributed by atoms with E-state index in [1.54, 1.807) is 11.0 Å². The molecule has 0 aromatic heterocycles. The van der Waals surface area contributed by atoms with E-state index in [1.165, 1.54) is 18.2 Å². The molecule has 0 spiro atoms. The van der Waals surface area contributed by atoms with Crippen LogP contribution in [-0.4, -0.2) is 35.3 Å². The van der Waals surface area contributed by atoms with Crippen molar-refractivity contribution >= 4 is 17.3 Å². The number of phenolic OH excluding ortho intramolecular Hbond substituents is 3. The number of carbonyl (C=O) groups excluding carboxylic acids is 1. The van der Waals surface area contributed by atoms with Gasteiger partial charge in [-0.05, 0) is 12.1 Å². The summed E-state index contributed by atoms with van der Waals surface area (Å²) in [4.78, 5) is 14.0. The maximum absolute atomic E-state index is 12.2. The molecule has 1 aliphatic heterocycles. The Hall–Kier alpha value is -3.09. The number of benzene rings is 2. The van der Waals surface area contributed by atoms with Crippen LogP contribution < -0.4 is 15.0 Å². The monoisotopic (exact) mass is 302 g/mol. The predicted molar refractivity (Wildman–Crippen MR) is 80.2 cm³/mol. The van der Waals surface area contributed by atoms with E-state index in [9.17, 15) is 20.1 Å². The lowest BCUT2D eigenvalue weighted by Crippen LogP contribution is -2.13. The summed E-state index contributed by atoms with van der Waals surface area (Å²) >= 11 is 0. The zero-order valence-corrected chi connectivity index (χ0v) is 11.9. The van der Waals surface area contributed by atoms with E-state index in [-0.39, 0.29) is 40.0 Å². The number of rotatable bonds is 3. The van der Waals surface area contributed by atoms with Gasteiger partial charge in [0.05, 0.1) is 11.3 Å². The molecule has 4 N–H and O–H groups in total. The Morgan fingerprint density at radius 2 is 1.82 bits per heavy atom. The highest BCUT2D eigenvalue weighted by atomic mass is 16.6. The van der Waals surface area contributed by atoms with Crippen molar-refractivity contribution in [3.63, 3.8) is 0 Å². The fraction of sp³-hybridized carbons (Fsp3) is 0.133. The molecule has 1 amide bonds. The summed E-state index contributed by atoms with van der Waals surface area (Å²) in [7, 11) is 3.63. The van der Waals surface area contributed by atoms with Crippen molar-refractivity contribution in [3.8, 4) is 28.7 Å². The van der Waals surface area contributed by atoms with Gasteiger partial charge in [0.1, 0.15) is 5.75 Å². The van der Waals surface area contributed by atoms with Crippen LogP contribution in [0.3, 0.4) is 0 Å². The van der Waals surface area contributed by atoms with Crippen LogP contribution in [0.25, 0.3) is 0 Å². The van der Waals surface area contributed by atoms with Crippen LogP contribution in [0.15, 0.2) is 24.3 Å². The minimum Gasteiger partial charge on any atom is -0.507 e. The van der Waals surface area contributed by atoms with Gasteiger partial charge in [-0.15, -0.1) is 0 Å². The normalized spacial score (nSPS) is 11.4. The number of hydrogen-bond donors (Lipinski definition) is 4.